The van der Waals surface area contributed by atoms with Crippen LogP contribution in [-0.2, 0) is 0 Å². The van der Waals surface area contributed by atoms with E-state index in [1.54, 1.807) is 0 Å². The van der Waals surface area contributed by atoms with E-state index in [1.807, 2.05) is 32.0 Å². The van der Waals surface area contributed by atoms with Gasteiger partial charge in [-0.2, -0.15) is 0 Å². The average Bonchev–Trinajstić information content (AvgIpc) is 2.69. The van der Waals surface area contributed by atoms with E-state index >= 15 is 0 Å². The summed E-state index contributed by atoms with van der Waals surface area (Å²) in [7, 11) is 0. The lowest BCUT2D eigenvalue weighted by atomic mass is 9.95. The molecule has 1 unspecified atom stereocenters. The Balaban J connectivity index is 2.55. The zero-order valence-corrected chi connectivity index (χ0v) is 14.4. The molecule has 2 rings (SSSR count). The third-order valence-corrected chi connectivity index (χ3v) is 4.63. The van der Waals surface area contributed by atoms with Crippen LogP contribution < -0.4 is 5.32 Å². The molecule has 0 aliphatic rings. The van der Waals surface area contributed by atoms with Gasteiger partial charge in [-0.1, -0.05) is 42.3 Å². The van der Waals surface area contributed by atoms with E-state index in [0.717, 1.165) is 41.2 Å². The van der Waals surface area contributed by atoms with Crippen LogP contribution in [0.25, 0.3) is 0 Å². The lowest BCUT2D eigenvalue weighted by Gasteiger charge is -2.21. The lowest BCUT2D eigenvalue weighted by Crippen LogP contribution is -2.24. The summed E-state index contributed by atoms with van der Waals surface area (Å²) in [5, 5.41) is 4.74. The summed E-state index contributed by atoms with van der Waals surface area (Å²) in [6, 6.07) is 5.75. The van der Waals surface area contributed by atoms with Crippen molar-refractivity contribution < 1.29 is 4.42 Å². The van der Waals surface area contributed by atoms with Gasteiger partial charge in [0.15, 0.2) is 0 Å². The number of rotatable bonds is 5. The molecule has 0 saturated carbocycles. The van der Waals surface area contributed by atoms with Crippen molar-refractivity contribution in [2.24, 2.45) is 0 Å². The molecule has 21 heavy (non-hydrogen) atoms. The van der Waals surface area contributed by atoms with Gasteiger partial charge in [-0.25, -0.2) is 0 Å². The van der Waals surface area contributed by atoms with Crippen molar-refractivity contribution >= 4 is 23.2 Å². The Morgan fingerprint density at radius 2 is 1.86 bits per heavy atom. The molecule has 4 heteroatoms. The van der Waals surface area contributed by atoms with E-state index in [-0.39, 0.29) is 6.04 Å². The maximum Gasteiger partial charge on any atom is 0.106 e. The predicted molar refractivity (Wildman–Crippen MR) is 89.5 cm³/mol. The van der Waals surface area contributed by atoms with Crippen molar-refractivity contribution in [1.82, 2.24) is 5.32 Å². The number of halogens is 2. The van der Waals surface area contributed by atoms with Gasteiger partial charge in [-0.15, -0.1) is 0 Å². The molecule has 1 N–H and O–H groups in total. The molecular formula is C17H21Cl2NO. The Hall–Kier alpha value is -0.960. The normalized spacial score (nSPS) is 12.7. The lowest BCUT2D eigenvalue weighted by molar-refractivity contribution is 0.493. The zero-order chi connectivity index (χ0) is 15.6. The van der Waals surface area contributed by atoms with Crippen molar-refractivity contribution in [1.29, 1.82) is 0 Å². The van der Waals surface area contributed by atoms with E-state index in [9.17, 15) is 0 Å². The molecule has 0 fully saturated rings. The van der Waals surface area contributed by atoms with Gasteiger partial charge in [-0.3, -0.25) is 0 Å². The van der Waals surface area contributed by atoms with E-state index in [0.29, 0.717) is 10.0 Å². The summed E-state index contributed by atoms with van der Waals surface area (Å²) < 4.78 is 5.78. The summed E-state index contributed by atoms with van der Waals surface area (Å²) in [4.78, 5) is 0. The maximum atomic E-state index is 6.43. The van der Waals surface area contributed by atoms with Crippen LogP contribution >= 0.6 is 23.2 Å². The molecule has 0 aliphatic heterocycles. The van der Waals surface area contributed by atoms with Crippen molar-refractivity contribution in [2.75, 3.05) is 6.54 Å². The number of nitrogens with one attached hydrogen (secondary N) is 1. The molecule has 0 amide bonds. The van der Waals surface area contributed by atoms with Crippen LogP contribution in [0.4, 0.5) is 0 Å². The van der Waals surface area contributed by atoms with Crippen molar-refractivity contribution in [3.05, 3.63) is 56.5 Å². The molecule has 0 bridgehead atoms. The predicted octanol–water partition coefficient (Wildman–Crippen LogP) is 5.60. The molecule has 1 aromatic heterocycles. The highest BCUT2D eigenvalue weighted by Crippen LogP contribution is 2.37. The second kappa shape index (κ2) is 6.87. The van der Waals surface area contributed by atoms with Gasteiger partial charge < -0.3 is 9.73 Å². The van der Waals surface area contributed by atoms with Gasteiger partial charge in [0.05, 0.1) is 16.1 Å². The van der Waals surface area contributed by atoms with E-state index in [2.05, 4.69) is 19.2 Å². The van der Waals surface area contributed by atoms with Crippen LogP contribution in [0.5, 0.6) is 0 Å². The molecule has 0 radical (unpaired) electrons. The Morgan fingerprint density at radius 3 is 2.43 bits per heavy atom. The number of benzene rings is 1. The highest BCUT2D eigenvalue weighted by Gasteiger charge is 2.24. The van der Waals surface area contributed by atoms with Crippen molar-refractivity contribution in [3.63, 3.8) is 0 Å². The van der Waals surface area contributed by atoms with Crippen LogP contribution in [0, 0.1) is 20.8 Å². The van der Waals surface area contributed by atoms with Gasteiger partial charge in [0.25, 0.3) is 0 Å². The van der Waals surface area contributed by atoms with Gasteiger partial charge >= 0.3 is 0 Å². The standard InChI is InChI=1S/C17H21Cl2NO/c1-5-9-20-17(13-7-6-8-14(18)16(13)19)15-10(2)11(3)21-12(15)4/h6-8,17,20H,5,9H2,1-4H3. The fourth-order valence-electron chi connectivity index (χ4n) is 2.63. The summed E-state index contributed by atoms with van der Waals surface area (Å²) in [6.45, 7) is 9.11. The second-order valence-corrected chi connectivity index (χ2v) is 6.07. The number of furan rings is 1. The molecule has 1 heterocycles. The number of hydrogen-bond acceptors (Lipinski definition) is 2. The van der Waals surface area contributed by atoms with Gasteiger partial charge in [0.2, 0.25) is 0 Å². The molecule has 2 nitrogen and oxygen atoms in total. The highest BCUT2D eigenvalue weighted by atomic mass is 35.5. The molecule has 0 saturated heterocycles. The number of hydrogen-bond donors (Lipinski definition) is 1. The van der Waals surface area contributed by atoms with E-state index in [1.165, 1.54) is 0 Å². The third kappa shape index (κ3) is 3.28. The van der Waals surface area contributed by atoms with E-state index < -0.39 is 0 Å². The Kier molecular flexibility index (Phi) is 5.37. The third-order valence-electron chi connectivity index (χ3n) is 3.80. The second-order valence-electron chi connectivity index (χ2n) is 5.28. The van der Waals surface area contributed by atoms with Crippen molar-refractivity contribution in [2.45, 2.75) is 40.2 Å². The first-order chi connectivity index (χ1) is 9.97. The Bertz CT molecular complexity index is 634. The van der Waals surface area contributed by atoms with Gasteiger partial charge in [-0.05, 0) is 50.9 Å². The quantitative estimate of drug-likeness (QED) is 0.773. The van der Waals surface area contributed by atoms with Crippen LogP contribution in [0.1, 0.15) is 47.6 Å². The molecular weight excluding hydrogens is 305 g/mol. The first-order valence-corrected chi connectivity index (χ1v) is 7.96. The first kappa shape index (κ1) is 16.4. The zero-order valence-electron chi connectivity index (χ0n) is 12.9. The Labute approximate surface area is 136 Å². The fraction of sp³-hybridized carbons (Fsp3) is 0.412. The first-order valence-electron chi connectivity index (χ1n) is 7.21. The molecule has 114 valence electrons. The summed E-state index contributed by atoms with van der Waals surface area (Å²) in [6.07, 6.45) is 1.05. The summed E-state index contributed by atoms with van der Waals surface area (Å²) >= 11 is 12.6. The van der Waals surface area contributed by atoms with Crippen LogP contribution in [0.3, 0.4) is 0 Å². The largest absolute Gasteiger partial charge is 0.466 e. The van der Waals surface area contributed by atoms with E-state index in [4.69, 9.17) is 27.6 Å². The molecule has 1 aromatic carbocycles. The summed E-state index contributed by atoms with van der Waals surface area (Å²) in [5.74, 6) is 1.87. The van der Waals surface area contributed by atoms with Crippen molar-refractivity contribution in [3.8, 4) is 0 Å². The summed E-state index contributed by atoms with van der Waals surface area (Å²) in [5.41, 5.74) is 3.31. The fourth-order valence-corrected chi connectivity index (χ4v) is 3.05. The minimum atomic E-state index is -0.00593. The SMILES string of the molecule is CCCNC(c1cccc(Cl)c1Cl)c1c(C)oc(C)c1C. The molecule has 1 atom stereocenters. The Morgan fingerprint density at radius 1 is 1.14 bits per heavy atom. The monoisotopic (exact) mass is 325 g/mol. The molecule has 2 aromatic rings. The van der Waals surface area contributed by atoms with Crippen LogP contribution in [0.15, 0.2) is 22.6 Å². The van der Waals surface area contributed by atoms with Crippen LogP contribution in [-0.4, -0.2) is 6.54 Å². The average molecular weight is 326 g/mol. The molecule has 0 aliphatic carbocycles. The topological polar surface area (TPSA) is 25.2 Å². The van der Waals surface area contributed by atoms with Crippen LogP contribution in [0.2, 0.25) is 10.0 Å². The molecule has 0 spiro atoms. The van der Waals surface area contributed by atoms with Gasteiger partial charge in [0, 0.05) is 5.56 Å². The highest BCUT2D eigenvalue weighted by molar-refractivity contribution is 6.42. The van der Waals surface area contributed by atoms with Gasteiger partial charge in [0.1, 0.15) is 11.5 Å². The number of aryl methyl sites for hydroxylation is 2. The smallest absolute Gasteiger partial charge is 0.106 e. The minimum absolute atomic E-state index is 0.00593. The minimum Gasteiger partial charge on any atom is -0.466 e. The maximum absolute atomic E-state index is 6.43.